The lowest BCUT2D eigenvalue weighted by molar-refractivity contribution is 0.0976. The quantitative estimate of drug-likeness (QED) is 0.850. The Kier molecular flexibility index (Phi) is 2.95. The zero-order valence-corrected chi connectivity index (χ0v) is 10.4. The number of carbonyl (C=O) groups excluding carboxylic acids is 1. The van der Waals surface area contributed by atoms with Crippen LogP contribution < -0.4 is 4.74 Å². The molecule has 0 aliphatic carbocycles. The van der Waals surface area contributed by atoms with Gasteiger partial charge in [0, 0.05) is 17.9 Å². The zero-order chi connectivity index (χ0) is 13.2. The van der Waals surface area contributed by atoms with Gasteiger partial charge in [0.25, 0.3) is 0 Å². The van der Waals surface area contributed by atoms with Crippen molar-refractivity contribution in [2.75, 3.05) is 6.61 Å². The summed E-state index contributed by atoms with van der Waals surface area (Å²) in [7, 11) is 0. The maximum atomic E-state index is 12.2. The summed E-state index contributed by atoms with van der Waals surface area (Å²) in [6.45, 7) is 0.403. The van der Waals surface area contributed by atoms with Crippen LogP contribution in [-0.4, -0.2) is 17.5 Å². The molecule has 0 amide bonds. The predicted octanol–water partition coefficient (Wildman–Crippen LogP) is 3.14. The number of ketones is 1. The van der Waals surface area contributed by atoms with Gasteiger partial charge in [-0.25, -0.2) is 0 Å². The highest BCUT2D eigenvalue weighted by molar-refractivity contribution is 5.99. The average molecular weight is 254 g/mol. The van der Waals surface area contributed by atoms with E-state index in [1.165, 1.54) is 0 Å². The van der Waals surface area contributed by atoms with E-state index in [1.54, 1.807) is 24.3 Å². The minimum Gasteiger partial charge on any atom is -0.508 e. The molecule has 19 heavy (non-hydrogen) atoms. The number of carbonyl (C=O) groups is 1. The Balaban J connectivity index is 1.94. The molecule has 1 unspecified atom stereocenters. The fraction of sp³-hybridized carbons (Fsp3) is 0.188. The molecule has 3 rings (SSSR count). The van der Waals surface area contributed by atoms with Crippen LogP contribution in [0.1, 0.15) is 28.3 Å². The lowest BCUT2D eigenvalue weighted by Crippen LogP contribution is -2.10. The van der Waals surface area contributed by atoms with Crippen LogP contribution in [0.4, 0.5) is 0 Å². The summed E-state index contributed by atoms with van der Waals surface area (Å²) < 4.78 is 5.71. The van der Waals surface area contributed by atoms with Crippen LogP contribution in [0.5, 0.6) is 11.5 Å². The summed E-state index contributed by atoms with van der Waals surface area (Å²) in [6, 6.07) is 14.4. The number of benzene rings is 2. The summed E-state index contributed by atoms with van der Waals surface area (Å²) in [4.78, 5) is 12.2. The minimum atomic E-state index is -0.110. The molecule has 0 saturated heterocycles. The number of rotatable bonds is 1. The molecule has 0 radical (unpaired) electrons. The molecule has 0 saturated carbocycles. The lowest BCUT2D eigenvalue weighted by Gasteiger charge is -2.15. The van der Waals surface area contributed by atoms with Crippen molar-refractivity contribution in [3.63, 3.8) is 0 Å². The van der Waals surface area contributed by atoms with E-state index in [-0.39, 0.29) is 17.5 Å². The van der Waals surface area contributed by atoms with Crippen LogP contribution in [0.25, 0.3) is 0 Å². The first kappa shape index (κ1) is 11.8. The summed E-state index contributed by atoms with van der Waals surface area (Å²) in [5.74, 6) is 0.794. The van der Waals surface area contributed by atoms with Gasteiger partial charge in [-0.15, -0.1) is 0 Å². The molecule has 96 valence electrons. The monoisotopic (exact) mass is 254 g/mol. The summed E-state index contributed by atoms with van der Waals surface area (Å²) in [5, 5.41) is 9.89. The fourth-order valence-corrected chi connectivity index (χ4v) is 2.44. The van der Waals surface area contributed by atoms with Crippen molar-refractivity contribution in [1.29, 1.82) is 0 Å². The van der Waals surface area contributed by atoms with E-state index in [2.05, 4.69) is 0 Å². The SMILES string of the molecule is O=C1CC(c2ccccc2O)COc2ccccc21. The van der Waals surface area contributed by atoms with E-state index in [9.17, 15) is 9.90 Å². The van der Waals surface area contributed by atoms with E-state index in [0.29, 0.717) is 24.3 Å². The Labute approximate surface area is 111 Å². The van der Waals surface area contributed by atoms with Crippen LogP contribution in [0.2, 0.25) is 0 Å². The molecular weight excluding hydrogens is 240 g/mol. The normalized spacial score (nSPS) is 18.3. The van der Waals surface area contributed by atoms with Gasteiger partial charge in [-0.2, -0.15) is 0 Å². The van der Waals surface area contributed by atoms with Crippen LogP contribution in [0.3, 0.4) is 0 Å². The van der Waals surface area contributed by atoms with E-state index < -0.39 is 0 Å². The number of para-hydroxylation sites is 2. The molecule has 3 nitrogen and oxygen atoms in total. The molecular formula is C16H14O3. The zero-order valence-electron chi connectivity index (χ0n) is 10.4. The molecule has 0 aromatic heterocycles. The van der Waals surface area contributed by atoms with Crippen LogP contribution in [0.15, 0.2) is 48.5 Å². The maximum Gasteiger partial charge on any atom is 0.167 e. The second-order valence-electron chi connectivity index (χ2n) is 4.69. The highest BCUT2D eigenvalue weighted by atomic mass is 16.5. The van der Waals surface area contributed by atoms with E-state index >= 15 is 0 Å². The molecule has 3 heteroatoms. The third-order valence-electron chi connectivity index (χ3n) is 3.44. The molecule has 1 N–H and O–H groups in total. The number of fused-ring (bicyclic) bond motifs is 1. The Morgan fingerprint density at radius 1 is 1.05 bits per heavy atom. The van der Waals surface area contributed by atoms with Crippen molar-refractivity contribution in [3.8, 4) is 11.5 Å². The highest BCUT2D eigenvalue weighted by Gasteiger charge is 2.25. The van der Waals surface area contributed by atoms with E-state index in [0.717, 1.165) is 5.56 Å². The summed E-state index contributed by atoms with van der Waals surface area (Å²) in [5.41, 5.74) is 1.39. The Bertz CT molecular complexity index is 619. The van der Waals surface area contributed by atoms with Crippen molar-refractivity contribution in [1.82, 2.24) is 0 Å². The first-order chi connectivity index (χ1) is 9.25. The molecule has 0 fully saturated rings. The minimum absolute atomic E-state index is 0.0568. The van der Waals surface area contributed by atoms with Crippen molar-refractivity contribution in [2.24, 2.45) is 0 Å². The maximum absolute atomic E-state index is 12.2. The van der Waals surface area contributed by atoms with Crippen molar-refractivity contribution in [3.05, 3.63) is 59.7 Å². The molecule has 2 aromatic rings. The van der Waals surface area contributed by atoms with Crippen LogP contribution in [-0.2, 0) is 0 Å². The predicted molar refractivity (Wildman–Crippen MR) is 71.7 cm³/mol. The van der Waals surface area contributed by atoms with Gasteiger partial charge in [-0.1, -0.05) is 30.3 Å². The smallest absolute Gasteiger partial charge is 0.167 e. The third kappa shape index (κ3) is 2.19. The average Bonchev–Trinajstić information content (AvgIpc) is 2.60. The molecule has 2 aromatic carbocycles. The Morgan fingerprint density at radius 2 is 1.79 bits per heavy atom. The van der Waals surface area contributed by atoms with Crippen LogP contribution in [0, 0.1) is 0 Å². The van der Waals surface area contributed by atoms with Crippen molar-refractivity contribution >= 4 is 5.78 Å². The standard InChI is InChI=1S/C16H14O3/c17-14-7-3-1-5-12(14)11-9-15(18)13-6-2-4-8-16(13)19-10-11/h1-8,11,17H,9-10H2. The number of ether oxygens (including phenoxy) is 1. The topological polar surface area (TPSA) is 46.5 Å². The van der Waals surface area contributed by atoms with Gasteiger partial charge in [-0.05, 0) is 18.2 Å². The lowest BCUT2D eigenvalue weighted by atomic mass is 9.92. The van der Waals surface area contributed by atoms with Gasteiger partial charge < -0.3 is 9.84 Å². The van der Waals surface area contributed by atoms with Gasteiger partial charge in [0.15, 0.2) is 5.78 Å². The number of Topliss-reactive ketones (excluding diaryl/α,β-unsaturated/α-hetero) is 1. The second kappa shape index (κ2) is 4.76. The first-order valence-electron chi connectivity index (χ1n) is 6.28. The highest BCUT2D eigenvalue weighted by Crippen LogP contribution is 2.34. The number of aromatic hydroxyl groups is 1. The molecule has 1 aliphatic heterocycles. The first-order valence-corrected chi connectivity index (χ1v) is 6.28. The van der Waals surface area contributed by atoms with Gasteiger partial charge in [0.1, 0.15) is 11.5 Å². The molecule has 1 atom stereocenters. The molecule has 0 bridgehead atoms. The van der Waals surface area contributed by atoms with Crippen LogP contribution >= 0.6 is 0 Å². The van der Waals surface area contributed by atoms with Gasteiger partial charge in [0.2, 0.25) is 0 Å². The van der Waals surface area contributed by atoms with Gasteiger partial charge in [0.05, 0.1) is 12.2 Å². The van der Waals surface area contributed by atoms with Crippen molar-refractivity contribution < 1.29 is 14.6 Å². The largest absolute Gasteiger partial charge is 0.508 e. The fourth-order valence-electron chi connectivity index (χ4n) is 2.44. The number of phenols is 1. The molecule has 1 aliphatic rings. The van der Waals surface area contributed by atoms with E-state index in [4.69, 9.17) is 4.74 Å². The Hall–Kier alpha value is -2.29. The second-order valence-corrected chi connectivity index (χ2v) is 4.69. The Morgan fingerprint density at radius 3 is 2.63 bits per heavy atom. The van der Waals surface area contributed by atoms with E-state index in [1.807, 2.05) is 24.3 Å². The number of hydrogen-bond acceptors (Lipinski definition) is 3. The summed E-state index contributed by atoms with van der Waals surface area (Å²) >= 11 is 0. The van der Waals surface area contributed by atoms with Crippen molar-refractivity contribution in [2.45, 2.75) is 12.3 Å². The number of phenolic OH excluding ortho intramolecular Hbond substituents is 1. The molecule has 0 spiro atoms. The number of hydrogen-bond donors (Lipinski definition) is 1. The third-order valence-corrected chi connectivity index (χ3v) is 3.44. The van der Waals surface area contributed by atoms with Gasteiger partial charge >= 0.3 is 0 Å². The summed E-state index contributed by atoms with van der Waals surface area (Å²) in [6.07, 6.45) is 0.356. The molecule has 1 heterocycles. The van der Waals surface area contributed by atoms with Gasteiger partial charge in [-0.3, -0.25) is 4.79 Å².